The van der Waals surface area contributed by atoms with Crippen molar-refractivity contribution in [1.82, 2.24) is 9.78 Å². The summed E-state index contributed by atoms with van der Waals surface area (Å²) >= 11 is 6.13. The molecule has 0 saturated carbocycles. The number of ether oxygens (including phenoxy) is 1. The number of oxime groups is 1. The fourth-order valence-electron chi connectivity index (χ4n) is 1.87. The number of nitrogens with two attached hydrogens (primary N) is 1. The van der Waals surface area contributed by atoms with E-state index in [0.29, 0.717) is 22.9 Å². The summed E-state index contributed by atoms with van der Waals surface area (Å²) in [6.07, 6.45) is 0.878. The van der Waals surface area contributed by atoms with Crippen molar-refractivity contribution in [2.75, 3.05) is 0 Å². The van der Waals surface area contributed by atoms with E-state index in [2.05, 4.69) is 17.2 Å². The van der Waals surface area contributed by atoms with Crippen LogP contribution in [0.1, 0.15) is 23.9 Å². The summed E-state index contributed by atoms with van der Waals surface area (Å²) in [6, 6.07) is 6.95. The third kappa shape index (κ3) is 3.46. The van der Waals surface area contributed by atoms with Gasteiger partial charge in [0.2, 0.25) is 0 Å². The Hall–Kier alpha value is -2.21. The Morgan fingerprint density at radius 2 is 2.24 bits per heavy atom. The van der Waals surface area contributed by atoms with Crippen LogP contribution in [0.25, 0.3) is 0 Å². The van der Waals surface area contributed by atoms with Gasteiger partial charge in [-0.1, -0.05) is 23.7 Å². The third-order valence-electron chi connectivity index (χ3n) is 3.10. The molecule has 0 spiro atoms. The number of hydrogen-bond acceptors (Lipinski definition) is 4. The van der Waals surface area contributed by atoms with E-state index in [1.165, 1.54) is 0 Å². The van der Waals surface area contributed by atoms with Gasteiger partial charge >= 0.3 is 0 Å². The number of aryl methyl sites for hydroxylation is 2. The van der Waals surface area contributed by atoms with Crippen molar-refractivity contribution in [1.29, 1.82) is 0 Å². The molecule has 0 fully saturated rings. The molecule has 0 saturated heterocycles. The molecule has 1 heterocycles. The van der Waals surface area contributed by atoms with Crippen LogP contribution in [-0.2, 0) is 20.1 Å². The first-order valence-electron chi connectivity index (χ1n) is 6.47. The lowest BCUT2D eigenvalue weighted by Gasteiger charge is -2.09. The Balaban J connectivity index is 2.11. The predicted octanol–water partition coefficient (Wildman–Crippen LogP) is 2.31. The summed E-state index contributed by atoms with van der Waals surface area (Å²) in [5.74, 6) is 0.535. The van der Waals surface area contributed by atoms with Crippen LogP contribution < -0.4 is 10.5 Å². The molecule has 0 aliphatic heterocycles. The Kier molecular flexibility index (Phi) is 4.70. The highest BCUT2D eigenvalue weighted by molar-refractivity contribution is 6.32. The molecule has 1 aromatic carbocycles. The van der Waals surface area contributed by atoms with Crippen LogP contribution in [0, 0.1) is 0 Å². The van der Waals surface area contributed by atoms with Gasteiger partial charge < -0.3 is 15.7 Å². The monoisotopic (exact) mass is 308 g/mol. The second kappa shape index (κ2) is 6.49. The number of hydrogen-bond donors (Lipinski definition) is 2. The van der Waals surface area contributed by atoms with Crippen molar-refractivity contribution >= 4 is 17.4 Å². The maximum atomic E-state index is 8.64. The molecule has 0 aliphatic carbocycles. The van der Waals surface area contributed by atoms with Crippen molar-refractivity contribution in [2.24, 2.45) is 17.9 Å². The highest BCUT2D eigenvalue weighted by Gasteiger charge is 2.09. The SMILES string of the molecule is CCc1cc(COc2ccc(C(N)=NO)cc2Cl)n(C)n1. The van der Waals surface area contributed by atoms with E-state index >= 15 is 0 Å². The van der Waals surface area contributed by atoms with E-state index in [0.717, 1.165) is 17.8 Å². The molecule has 2 aromatic rings. The van der Waals surface area contributed by atoms with Gasteiger partial charge in [-0.2, -0.15) is 5.10 Å². The zero-order valence-corrected chi connectivity index (χ0v) is 12.6. The van der Waals surface area contributed by atoms with Crippen molar-refractivity contribution in [3.63, 3.8) is 0 Å². The summed E-state index contributed by atoms with van der Waals surface area (Å²) in [5, 5.41) is 16.3. The van der Waals surface area contributed by atoms with Crippen LogP contribution in [0.3, 0.4) is 0 Å². The van der Waals surface area contributed by atoms with Crippen molar-refractivity contribution < 1.29 is 9.94 Å². The average Bonchev–Trinajstić information content (AvgIpc) is 2.85. The molecular weight excluding hydrogens is 292 g/mol. The van der Waals surface area contributed by atoms with Crippen LogP contribution in [0.4, 0.5) is 0 Å². The second-order valence-corrected chi connectivity index (χ2v) is 4.93. The number of amidine groups is 1. The number of benzene rings is 1. The van der Waals surface area contributed by atoms with Gasteiger partial charge in [0.25, 0.3) is 0 Å². The molecule has 112 valence electrons. The Bertz CT molecular complexity index is 667. The standard InChI is InChI=1S/C14H17ClN4O2/c1-3-10-7-11(19(2)17-10)8-21-13-5-4-9(6-12(13)15)14(16)18-20/h4-7,20H,3,8H2,1-2H3,(H2,16,18). The van der Waals surface area contributed by atoms with Crippen LogP contribution in [0.5, 0.6) is 5.75 Å². The van der Waals surface area contributed by atoms with Gasteiger partial charge in [-0.05, 0) is 30.7 Å². The molecule has 21 heavy (non-hydrogen) atoms. The van der Waals surface area contributed by atoms with E-state index < -0.39 is 0 Å². The summed E-state index contributed by atoms with van der Waals surface area (Å²) in [7, 11) is 1.88. The molecule has 0 bridgehead atoms. The number of halogens is 1. The first kappa shape index (κ1) is 15.2. The molecule has 1 aromatic heterocycles. The van der Waals surface area contributed by atoms with Crippen molar-refractivity contribution in [3.8, 4) is 5.75 Å². The largest absolute Gasteiger partial charge is 0.486 e. The quantitative estimate of drug-likeness (QED) is 0.384. The first-order chi connectivity index (χ1) is 10.0. The minimum Gasteiger partial charge on any atom is -0.486 e. The Morgan fingerprint density at radius 1 is 1.48 bits per heavy atom. The summed E-state index contributed by atoms with van der Waals surface area (Å²) < 4.78 is 7.48. The van der Waals surface area contributed by atoms with Gasteiger partial charge in [0, 0.05) is 12.6 Å². The zero-order valence-electron chi connectivity index (χ0n) is 11.9. The topological polar surface area (TPSA) is 85.7 Å². The number of aromatic nitrogens is 2. The van der Waals surface area contributed by atoms with Gasteiger partial charge in [-0.25, -0.2) is 0 Å². The van der Waals surface area contributed by atoms with E-state index in [1.54, 1.807) is 22.9 Å². The lowest BCUT2D eigenvalue weighted by atomic mass is 10.2. The molecule has 0 aliphatic rings. The van der Waals surface area contributed by atoms with Gasteiger partial charge in [-0.15, -0.1) is 0 Å². The third-order valence-corrected chi connectivity index (χ3v) is 3.40. The molecule has 7 heteroatoms. The Labute approximate surface area is 127 Å². The first-order valence-corrected chi connectivity index (χ1v) is 6.85. The molecule has 0 radical (unpaired) electrons. The zero-order chi connectivity index (χ0) is 15.4. The van der Waals surface area contributed by atoms with Crippen molar-refractivity contribution in [3.05, 3.63) is 46.2 Å². The average molecular weight is 309 g/mol. The normalized spacial score (nSPS) is 11.7. The molecular formula is C14H17ClN4O2. The Morgan fingerprint density at radius 3 is 2.81 bits per heavy atom. The van der Waals surface area contributed by atoms with Gasteiger partial charge in [-0.3, -0.25) is 4.68 Å². The van der Waals surface area contributed by atoms with Crippen LogP contribution in [-0.4, -0.2) is 20.8 Å². The number of nitrogens with zero attached hydrogens (tertiary/aromatic N) is 3. The molecule has 0 amide bonds. The van der Waals surface area contributed by atoms with E-state index in [1.807, 2.05) is 13.1 Å². The minimum absolute atomic E-state index is 0.00247. The molecule has 3 N–H and O–H groups in total. The van der Waals surface area contributed by atoms with Crippen LogP contribution in [0.2, 0.25) is 5.02 Å². The smallest absolute Gasteiger partial charge is 0.170 e. The minimum atomic E-state index is 0.00247. The van der Waals surface area contributed by atoms with Gasteiger partial charge in [0.05, 0.1) is 16.4 Å². The van der Waals surface area contributed by atoms with Crippen LogP contribution >= 0.6 is 11.6 Å². The summed E-state index contributed by atoms with van der Waals surface area (Å²) in [5.41, 5.74) is 8.02. The van der Waals surface area contributed by atoms with Crippen LogP contribution in [0.15, 0.2) is 29.4 Å². The maximum Gasteiger partial charge on any atom is 0.170 e. The summed E-state index contributed by atoms with van der Waals surface area (Å²) in [4.78, 5) is 0. The fourth-order valence-corrected chi connectivity index (χ4v) is 2.10. The second-order valence-electron chi connectivity index (χ2n) is 4.52. The lowest BCUT2D eigenvalue weighted by Crippen LogP contribution is -2.13. The van der Waals surface area contributed by atoms with E-state index in [9.17, 15) is 0 Å². The van der Waals surface area contributed by atoms with Crippen molar-refractivity contribution in [2.45, 2.75) is 20.0 Å². The van der Waals surface area contributed by atoms with Gasteiger partial charge in [0.15, 0.2) is 5.84 Å². The van der Waals surface area contributed by atoms with E-state index in [4.69, 9.17) is 27.3 Å². The highest BCUT2D eigenvalue weighted by Crippen LogP contribution is 2.26. The lowest BCUT2D eigenvalue weighted by molar-refractivity contribution is 0.295. The van der Waals surface area contributed by atoms with Gasteiger partial charge in [0.1, 0.15) is 12.4 Å². The summed E-state index contributed by atoms with van der Waals surface area (Å²) in [6.45, 7) is 2.42. The number of rotatable bonds is 5. The predicted molar refractivity (Wildman–Crippen MR) is 80.9 cm³/mol. The molecule has 0 atom stereocenters. The molecule has 0 unspecified atom stereocenters. The fraction of sp³-hybridized carbons (Fsp3) is 0.286. The highest BCUT2D eigenvalue weighted by atomic mass is 35.5. The molecule has 6 nitrogen and oxygen atoms in total. The maximum absolute atomic E-state index is 8.64. The van der Waals surface area contributed by atoms with E-state index in [-0.39, 0.29) is 5.84 Å². The molecule has 2 rings (SSSR count).